The van der Waals surface area contributed by atoms with Crippen LogP contribution in [0.1, 0.15) is 38.6 Å². The van der Waals surface area contributed by atoms with Crippen molar-refractivity contribution in [3.8, 4) is 0 Å². The molecule has 0 radical (unpaired) electrons. The van der Waals surface area contributed by atoms with Gasteiger partial charge in [-0.1, -0.05) is 12.5 Å². The smallest absolute Gasteiger partial charge is 0.165 e. The monoisotopic (exact) mass is 275 g/mol. The van der Waals surface area contributed by atoms with Gasteiger partial charge >= 0.3 is 0 Å². The number of nitrogens with two attached hydrogens (primary N) is 1. The number of nitrogen functional groups attached to an aromatic ring is 1. The van der Waals surface area contributed by atoms with Crippen molar-refractivity contribution >= 4 is 17.0 Å². The SMILES string of the molecule is C=CCCCC[C@H]([C@H](C)O)n1cnc2c(N)ncnc21. The fourth-order valence-electron chi connectivity index (χ4n) is 2.37. The summed E-state index contributed by atoms with van der Waals surface area (Å²) in [4.78, 5) is 12.4. The number of rotatable bonds is 7. The molecule has 0 aliphatic carbocycles. The molecule has 0 bridgehead atoms. The minimum Gasteiger partial charge on any atom is -0.391 e. The molecule has 2 atom stereocenters. The number of imidazole rings is 1. The van der Waals surface area contributed by atoms with Crippen LogP contribution in [0.4, 0.5) is 5.82 Å². The van der Waals surface area contributed by atoms with Crippen molar-refractivity contribution in [2.45, 2.75) is 44.8 Å². The maximum absolute atomic E-state index is 10.0. The third-order valence-electron chi connectivity index (χ3n) is 3.46. The summed E-state index contributed by atoms with van der Waals surface area (Å²) in [5.74, 6) is 0.366. The van der Waals surface area contributed by atoms with Crippen LogP contribution < -0.4 is 5.73 Å². The number of aromatic nitrogens is 4. The molecule has 0 spiro atoms. The number of hydrogen-bond acceptors (Lipinski definition) is 5. The summed E-state index contributed by atoms with van der Waals surface area (Å²) in [6.07, 6.45) is 8.48. The fourth-order valence-corrected chi connectivity index (χ4v) is 2.37. The van der Waals surface area contributed by atoms with Crippen molar-refractivity contribution in [3.63, 3.8) is 0 Å². The van der Waals surface area contributed by atoms with Crippen LogP contribution in [-0.2, 0) is 0 Å². The molecule has 2 rings (SSSR count). The Labute approximate surface area is 118 Å². The molecule has 0 saturated heterocycles. The number of anilines is 1. The molecule has 2 heterocycles. The predicted octanol–water partition coefficient (Wildman–Crippen LogP) is 2.08. The van der Waals surface area contributed by atoms with Gasteiger partial charge in [-0.3, -0.25) is 0 Å². The normalized spacial score (nSPS) is 14.3. The van der Waals surface area contributed by atoms with Crippen LogP contribution in [0.5, 0.6) is 0 Å². The molecule has 6 nitrogen and oxygen atoms in total. The standard InChI is InChI=1S/C14H21N5O/c1-3-4-5-6-7-11(10(2)20)19-9-18-12-13(15)16-8-17-14(12)19/h3,8-11,20H,1,4-7H2,2H3,(H2,15,16,17)/t10-,11+/m0/s1. The van der Waals surface area contributed by atoms with Crippen LogP contribution in [0, 0.1) is 0 Å². The summed E-state index contributed by atoms with van der Waals surface area (Å²) in [5.41, 5.74) is 7.05. The van der Waals surface area contributed by atoms with E-state index in [2.05, 4.69) is 21.5 Å². The van der Waals surface area contributed by atoms with Crippen LogP contribution in [-0.4, -0.2) is 30.7 Å². The molecule has 3 N–H and O–H groups in total. The van der Waals surface area contributed by atoms with Gasteiger partial charge in [-0.25, -0.2) is 15.0 Å². The summed E-state index contributed by atoms with van der Waals surface area (Å²) in [7, 11) is 0. The first-order valence-electron chi connectivity index (χ1n) is 6.87. The summed E-state index contributed by atoms with van der Waals surface area (Å²) in [6, 6.07) is -0.0564. The van der Waals surface area contributed by atoms with Crippen LogP contribution in [0.3, 0.4) is 0 Å². The first kappa shape index (κ1) is 14.5. The molecular weight excluding hydrogens is 254 g/mol. The lowest BCUT2D eigenvalue weighted by Gasteiger charge is -2.21. The zero-order valence-corrected chi connectivity index (χ0v) is 11.7. The largest absolute Gasteiger partial charge is 0.391 e. The van der Waals surface area contributed by atoms with Crippen LogP contribution in [0.2, 0.25) is 0 Å². The topological polar surface area (TPSA) is 89.8 Å². The second-order valence-electron chi connectivity index (χ2n) is 4.96. The first-order chi connectivity index (χ1) is 9.65. The van der Waals surface area contributed by atoms with Crippen molar-refractivity contribution in [3.05, 3.63) is 25.3 Å². The summed E-state index contributed by atoms with van der Waals surface area (Å²) < 4.78 is 1.89. The molecule has 6 heteroatoms. The maximum Gasteiger partial charge on any atom is 0.165 e. The quantitative estimate of drug-likeness (QED) is 0.596. The van der Waals surface area contributed by atoms with Gasteiger partial charge in [0.15, 0.2) is 11.5 Å². The van der Waals surface area contributed by atoms with E-state index in [1.54, 1.807) is 13.3 Å². The van der Waals surface area contributed by atoms with Gasteiger partial charge in [0.2, 0.25) is 0 Å². The molecule has 108 valence electrons. The third kappa shape index (κ3) is 2.96. The number of hydrogen-bond donors (Lipinski definition) is 2. The average Bonchev–Trinajstić information content (AvgIpc) is 2.84. The van der Waals surface area contributed by atoms with E-state index in [0.29, 0.717) is 17.0 Å². The number of unbranched alkanes of at least 4 members (excludes halogenated alkanes) is 2. The molecule has 0 aliphatic rings. The van der Waals surface area contributed by atoms with Gasteiger partial charge in [-0.2, -0.15) is 0 Å². The van der Waals surface area contributed by atoms with Crippen molar-refractivity contribution in [1.29, 1.82) is 0 Å². The molecule has 0 unspecified atom stereocenters. The second kappa shape index (κ2) is 6.47. The molecular formula is C14H21N5O. The van der Waals surface area contributed by atoms with E-state index in [4.69, 9.17) is 5.73 Å². The van der Waals surface area contributed by atoms with Crippen LogP contribution in [0.15, 0.2) is 25.3 Å². The van der Waals surface area contributed by atoms with E-state index < -0.39 is 6.10 Å². The molecule has 2 aromatic rings. The Balaban J connectivity index is 2.23. The first-order valence-corrected chi connectivity index (χ1v) is 6.87. The lowest BCUT2D eigenvalue weighted by Crippen LogP contribution is -2.21. The third-order valence-corrected chi connectivity index (χ3v) is 3.46. The van der Waals surface area contributed by atoms with Gasteiger partial charge in [-0.05, 0) is 26.2 Å². The Bertz CT molecular complexity index is 578. The Morgan fingerprint density at radius 3 is 2.90 bits per heavy atom. The second-order valence-corrected chi connectivity index (χ2v) is 4.96. The molecule has 0 fully saturated rings. The van der Waals surface area contributed by atoms with Crippen molar-refractivity contribution in [2.24, 2.45) is 0 Å². The zero-order valence-electron chi connectivity index (χ0n) is 11.7. The molecule has 0 aromatic carbocycles. The van der Waals surface area contributed by atoms with E-state index in [0.717, 1.165) is 25.7 Å². The molecule has 0 aliphatic heterocycles. The van der Waals surface area contributed by atoms with Gasteiger partial charge in [-0.15, -0.1) is 6.58 Å². The number of nitrogens with zero attached hydrogens (tertiary/aromatic N) is 4. The highest BCUT2D eigenvalue weighted by Gasteiger charge is 2.20. The molecule has 0 saturated carbocycles. The van der Waals surface area contributed by atoms with Gasteiger partial charge in [0.1, 0.15) is 11.8 Å². The van der Waals surface area contributed by atoms with Gasteiger partial charge in [0, 0.05) is 0 Å². The summed E-state index contributed by atoms with van der Waals surface area (Å²) >= 11 is 0. The fraction of sp³-hybridized carbons (Fsp3) is 0.500. The molecule has 2 aromatic heterocycles. The maximum atomic E-state index is 10.0. The average molecular weight is 275 g/mol. The number of allylic oxidation sites excluding steroid dienone is 1. The lowest BCUT2D eigenvalue weighted by molar-refractivity contribution is 0.124. The predicted molar refractivity (Wildman–Crippen MR) is 79.1 cm³/mol. The minimum absolute atomic E-state index is 0.0564. The number of fused-ring (bicyclic) bond motifs is 1. The van der Waals surface area contributed by atoms with Gasteiger partial charge in [0.25, 0.3) is 0 Å². The van der Waals surface area contributed by atoms with E-state index in [1.807, 2.05) is 10.6 Å². The van der Waals surface area contributed by atoms with Gasteiger partial charge in [0.05, 0.1) is 18.5 Å². The summed E-state index contributed by atoms with van der Waals surface area (Å²) in [5, 5.41) is 10.0. The molecule has 20 heavy (non-hydrogen) atoms. The zero-order chi connectivity index (χ0) is 14.5. The number of aliphatic hydroxyl groups is 1. The lowest BCUT2D eigenvalue weighted by atomic mass is 10.0. The van der Waals surface area contributed by atoms with E-state index in [9.17, 15) is 5.11 Å². The van der Waals surface area contributed by atoms with Crippen molar-refractivity contribution in [1.82, 2.24) is 19.5 Å². The minimum atomic E-state index is -0.479. The Morgan fingerprint density at radius 2 is 2.20 bits per heavy atom. The van der Waals surface area contributed by atoms with E-state index in [1.165, 1.54) is 6.33 Å². The van der Waals surface area contributed by atoms with Crippen molar-refractivity contribution < 1.29 is 5.11 Å². The molecule has 0 amide bonds. The van der Waals surface area contributed by atoms with E-state index >= 15 is 0 Å². The Morgan fingerprint density at radius 1 is 1.40 bits per heavy atom. The Hall–Kier alpha value is -1.95. The van der Waals surface area contributed by atoms with Crippen LogP contribution in [0.25, 0.3) is 11.2 Å². The van der Waals surface area contributed by atoms with E-state index in [-0.39, 0.29) is 6.04 Å². The highest BCUT2D eigenvalue weighted by atomic mass is 16.3. The highest BCUT2D eigenvalue weighted by Crippen LogP contribution is 2.25. The Kier molecular flexibility index (Phi) is 4.68. The summed E-state index contributed by atoms with van der Waals surface area (Å²) in [6.45, 7) is 5.50. The van der Waals surface area contributed by atoms with Gasteiger partial charge < -0.3 is 15.4 Å². The van der Waals surface area contributed by atoms with Crippen LogP contribution >= 0.6 is 0 Å². The van der Waals surface area contributed by atoms with Crippen molar-refractivity contribution in [2.75, 3.05) is 5.73 Å². The highest BCUT2D eigenvalue weighted by molar-refractivity contribution is 5.81. The number of aliphatic hydroxyl groups excluding tert-OH is 1.